The minimum absolute atomic E-state index is 0.00931. The van der Waals surface area contributed by atoms with E-state index in [0.717, 1.165) is 11.1 Å². The highest BCUT2D eigenvalue weighted by Crippen LogP contribution is 2.23. The summed E-state index contributed by atoms with van der Waals surface area (Å²) in [6, 6.07) is 11.4. The first-order valence-corrected chi connectivity index (χ1v) is 8.92. The minimum Gasteiger partial charge on any atom is -0.357 e. The number of H-pyrrole nitrogens is 1. The summed E-state index contributed by atoms with van der Waals surface area (Å²) in [6.07, 6.45) is 1.75. The lowest BCUT2D eigenvalue weighted by Gasteiger charge is -2.37. The lowest BCUT2D eigenvalue weighted by molar-refractivity contribution is -0.137. The maximum absolute atomic E-state index is 13.1. The molecule has 1 atom stereocenters. The van der Waals surface area contributed by atoms with Crippen LogP contribution < -0.4 is 0 Å². The van der Waals surface area contributed by atoms with Gasteiger partial charge >= 0.3 is 0 Å². The van der Waals surface area contributed by atoms with E-state index in [1.807, 2.05) is 55.1 Å². The van der Waals surface area contributed by atoms with E-state index in [9.17, 15) is 9.59 Å². The third-order valence-corrected chi connectivity index (χ3v) is 4.82. The van der Waals surface area contributed by atoms with E-state index in [4.69, 9.17) is 0 Å². The Morgan fingerprint density at radius 2 is 1.73 bits per heavy atom. The van der Waals surface area contributed by atoms with Gasteiger partial charge < -0.3 is 14.8 Å². The Balaban J connectivity index is 1.67. The van der Waals surface area contributed by atoms with Gasteiger partial charge in [-0.3, -0.25) is 14.5 Å². The second-order valence-corrected chi connectivity index (χ2v) is 6.98. The van der Waals surface area contributed by atoms with Crippen molar-refractivity contribution in [2.75, 3.05) is 40.3 Å². The van der Waals surface area contributed by atoms with Gasteiger partial charge in [-0.1, -0.05) is 29.8 Å². The van der Waals surface area contributed by atoms with Gasteiger partial charge in [-0.05, 0) is 38.7 Å². The number of benzene rings is 1. The molecule has 0 aliphatic carbocycles. The number of hydrogen-bond donors (Lipinski definition) is 1. The largest absolute Gasteiger partial charge is 0.357 e. The van der Waals surface area contributed by atoms with Crippen molar-refractivity contribution in [3.8, 4) is 0 Å². The first-order valence-electron chi connectivity index (χ1n) is 8.92. The molecule has 2 aromatic rings. The van der Waals surface area contributed by atoms with Crippen molar-refractivity contribution in [2.24, 2.45) is 0 Å². The van der Waals surface area contributed by atoms with E-state index >= 15 is 0 Å². The summed E-state index contributed by atoms with van der Waals surface area (Å²) in [4.78, 5) is 34.1. The molecule has 0 saturated carbocycles. The number of aryl methyl sites for hydroxylation is 1. The summed E-state index contributed by atoms with van der Waals surface area (Å²) in [5.74, 6) is 0.0810. The highest BCUT2D eigenvalue weighted by Gasteiger charge is 2.31. The lowest BCUT2D eigenvalue weighted by atomic mass is 10.0. The molecule has 6 nitrogen and oxygen atoms in total. The standard InChI is InChI=1S/C20H26N4O2/c1-15-6-4-7-16(14-15)18(22(2)3)20(26)24-12-10-23(11-13-24)19(25)17-8-5-9-21-17/h4-9,14,18,21H,10-13H2,1-3H3/t18-/m0/s1. The number of amides is 2. The van der Waals surface area contributed by atoms with Crippen LogP contribution in [0.25, 0.3) is 0 Å². The fourth-order valence-electron chi connectivity index (χ4n) is 3.44. The molecule has 3 rings (SSSR count). The van der Waals surface area contributed by atoms with Gasteiger partial charge in [0.05, 0.1) is 0 Å². The van der Waals surface area contributed by atoms with Crippen LogP contribution in [0.1, 0.15) is 27.7 Å². The summed E-state index contributed by atoms with van der Waals surface area (Å²) in [7, 11) is 3.85. The molecule has 0 unspecified atom stereocenters. The molecule has 6 heteroatoms. The van der Waals surface area contributed by atoms with Crippen molar-refractivity contribution >= 4 is 11.8 Å². The second kappa shape index (κ2) is 7.74. The molecule has 138 valence electrons. The quantitative estimate of drug-likeness (QED) is 0.912. The van der Waals surface area contributed by atoms with Crippen LogP contribution in [-0.2, 0) is 4.79 Å². The van der Waals surface area contributed by atoms with Crippen LogP contribution in [-0.4, -0.2) is 71.8 Å². The number of rotatable bonds is 4. The SMILES string of the molecule is Cc1cccc([C@@H](C(=O)N2CCN(C(=O)c3ccc[nH]3)CC2)N(C)C)c1. The van der Waals surface area contributed by atoms with Gasteiger partial charge in [0.25, 0.3) is 5.91 Å². The Morgan fingerprint density at radius 1 is 1.04 bits per heavy atom. The van der Waals surface area contributed by atoms with Crippen LogP contribution >= 0.6 is 0 Å². The molecule has 2 heterocycles. The molecule has 1 aliphatic heterocycles. The highest BCUT2D eigenvalue weighted by molar-refractivity contribution is 5.92. The molecular weight excluding hydrogens is 328 g/mol. The average molecular weight is 354 g/mol. The smallest absolute Gasteiger partial charge is 0.270 e. The number of carbonyl (C=O) groups excluding carboxylic acids is 2. The molecule has 2 amide bonds. The molecular formula is C20H26N4O2. The Hall–Kier alpha value is -2.60. The summed E-state index contributed by atoms with van der Waals surface area (Å²) in [6.45, 7) is 4.25. The Bertz CT molecular complexity index is 762. The molecule has 1 aliphatic rings. The Morgan fingerprint density at radius 3 is 2.31 bits per heavy atom. The summed E-state index contributed by atoms with van der Waals surface area (Å²) in [5.41, 5.74) is 2.74. The van der Waals surface area contributed by atoms with E-state index in [2.05, 4.69) is 11.1 Å². The number of aromatic nitrogens is 1. The van der Waals surface area contributed by atoms with E-state index in [1.165, 1.54) is 0 Å². The fourth-order valence-corrected chi connectivity index (χ4v) is 3.44. The van der Waals surface area contributed by atoms with E-state index in [-0.39, 0.29) is 17.9 Å². The van der Waals surface area contributed by atoms with Crippen LogP contribution in [0.15, 0.2) is 42.6 Å². The van der Waals surface area contributed by atoms with Crippen molar-refractivity contribution in [2.45, 2.75) is 13.0 Å². The van der Waals surface area contributed by atoms with E-state index < -0.39 is 0 Å². The summed E-state index contributed by atoms with van der Waals surface area (Å²) in [5, 5.41) is 0. The van der Waals surface area contributed by atoms with Crippen molar-refractivity contribution in [3.05, 3.63) is 59.4 Å². The monoisotopic (exact) mass is 354 g/mol. The van der Waals surface area contributed by atoms with Crippen LogP contribution in [0, 0.1) is 6.92 Å². The number of aromatic amines is 1. The molecule has 26 heavy (non-hydrogen) atoms. The second-order valence-electron chi connectivity index (χ2n) is 6.98. The van der Waals surface area contributed by atoms with Gasteiger partial charge in [-0.2, -0.15) is 0 Å². The zero-order valence-electron chi connectivity index (χ0n) is 15.6. The number of nitrogens with one attached hydrogen (secondary N) is 1. The van der Waals surface area contributed by atoms with Gasteiger partial charge in [0.2, 0.25) is 5.91 Å². The maximum atomic E-state index is 13.1. The number of carbonyl (C=O) groups is 2. The van der Waals surface area contributed by atoms with Crippen LogP contribution in [0.5, 0.6) is 0 Å². The molecule has 0 bridgehead atoms. The number of nitrogens with zero attached hydrogens (tertiary/aromatic N) is 3. The van der Waals surface area contributed by atoms with Crippen LogP contribution in [0.3, 0.4) is 0 Å². The zero-order valence-corrected chi connectivity index (χ0v) is 15.6. The van der Waals surface area contributed by atoms with Crippen LogP contribution in [0.2, 0.25) is 0 Å². The zero-order chi connectivity index (χ0) is 18.7. The topological polar surface area (TPSA) is 59.7 Å². The van der Waals surface area contributed by atoms with Gasteiger partial charge in [0.15, 0.2) is 0 Å². The van der Waals surface area contributed by atoms with Crippen LogP contribution in [0.4, 0.5) is 0 Å². The highest BCUT2D eigenvalue weighted by atomic mass is 16.2. The Kier molecular flexibility index (Phi) is 5.42. The maximum Gasteiger partial charge on any atom is 0.270 e. The lowest BCUT2D eigenvalue weighted by Crippen LogP contribution is -2.52. The molecule has 0 radical (unpaired) electrons. The van der Waals surface area contributed by atoms with Crippen molar-refractivity contribution in [1.29, 1.82) is 0 Å². The predicted octanol–water partition coefficient (Wildman–Crippen LogP) is 1.91. The molecule has 1 N–H and O–H groups in total. The molecule has 1 saturated heterocycles. The van der Waals surface area contributed by atoms with E-state index in [0.29, 0.717) is 31.9 Å². The predicted molar refractivity (Wildman–Crippen MR) is 101 cm³/mol. The third-order valence-electron chi connectivity index (χ3n) is 4.82. The van der Waals surface area contributed by atoms with Gasteiger partial charge in [0, 0.05) is 32.4 Å². The normalized spacial score (nSPS) is 16.0. The first kappa shape index (κ1) is 18.2. The fraction of sp³-hybridized carbons (Fsp3) is 0.400. The minimum atomic E-state index is -0.305. The van der Waals surface area contributed by atoms with Gasteiger partial charge in [-0.25, -0.2) is 0 Å². The van der Waals surface area contributed by atoms with Crippen molar-refractivity contribution in [3.63, 3.8) is 0 Å². The van der Waals surface area contributed by atoms with Gasteiger partial charge in [0.1, 0.15) is 11.7 Å². The molecule has 1 aromatic carbocycles. The number of likely N-dealkylation sites (N-methyl/N-ethyl adjacent to an activating group) is 1. The molecule has 1 fully saturated rings. The number of hydrogen-bond acceptors (Lipinski definition) is 3. The molecule has 0 spiro atoms. The summed E-state index contributed by atoms with van der Waals surface area (Å²) >= 11 is 0. The Labute approximate surface area is 154 Å². The first-order chi connectivity index (χ1) is 12.5. The number of piperazine rings is 1. The summed E-state index contributed by atoms with van der Waals surface area (Å²) < 4.78 is 0. The van der Waals surface area contributed by atoms with Gasteiger partial charge in [-0.15, -0.1) is 0 Å². The molecule has 1 aromatic heterocycles. The third kappa shape index (κ3) is 3.80. The van der Waals surface area contributed by atoms with Crippen molar-refractivity contribution < 1.29 is 9.59 Å². The van der Waals surface area contributed by atoms with Crippen molar-refractivity contribution in [1.82, 2.24) is 19.7 Å². The average Bonchev–Trinajstić information content (AvgIpc) is 3.16. The van der Waals surface area contributed by atoms with E-state index in [1.54, 1.807) is 17.2 Å².